The molecule has 6 nitrogen and oxygen atoms in total. The van der Waals surface area contributed by atoms with E-state index < -0.39 is 0 Å². The first-order valence-corrected chi connectivity index (χ1v) is 7.06. The van der Waals surface area contributed by atoms with Gasteiger partial charge >= 0.3 is 0 Å². The molecular weight excluding hydrogens is 256 g/mol. The maximum Gasteiger partial charge on any atom is 0.236 e. The molecule has 0 aromatic rings. The van der Waals surface area contributed by atoms with Gasteiger partial charge in [0.25, 0.3) is 0 Å². The van der Waals surface area contributed by atoms with Crippen LogP contribution in [0.15, 0.2) is 0 Å². The predicted molar refractivity (Wildman–Crippen MR) is 73.3 cm³/mol. The van der Waals surface area contributed by atoms with Crippen molar-refractivity contribution in [2.24, 2.45) is 5.92 Å². The lowest BCUT2D eigenvalue weighted by molar-refractivity contribution is -0.132. The largest absolute Gasteiger partial charge is 0.396 e. The summed E-state index contributed by atoms with van der Waals surface area (Å²) < 4.78 is 0. The Kier molecular flexibility index (Phi) is 7.64. The number of aliphatic hydroxyl groups is 1. The highest BCUT2D eigenvalue weighted by atomic mass is 16.3. The predicted octanol–water partition coefficient (Wildman–Crippen LogP) is 0.347. The third kappa shape index (κ3) is 5.56. The monoisotopic (exact) mass is 278 g/mol. The van der Waals surface area contributed by atoms with Gasteiger partial charge < -0.3 is 10.0 Å². The molecule has 1 aliphatic heterocycles. The van der Waals surface area contributed by atoms with Crippen molar-refractivity contribution in [3.63, 3.8) is 0 Å². The van der Waals surface area contributed by atoms with Crippen LogP contribution in [0, 0.1) is 28.6 Å². The second-order valence-electron chi connectivity index (χ2n) is 5.10. The van der Waals surface area contributed by atoms with E-state index in [2.05, 4.69) is 4.90 Å². The SMILES string of the molecule is N#CCCN(CCC#N)C(=O)CN1CCC(CCO)C1. The molecule has 1 aliphatic rings. The van der Waals surface area contributed by atoms with Crippen molar-refractivity contribution in [2.75, 3.05) is 39.3 Å². The molecule has 20 heavy (non-hydrogen) atoms. The Bertz CT molecular complexity index is 368. The van der Waals surface area contributed by atoms with Crippen molar-refractivity contribution in [1.82, 2.24) is 9.80 Å². The van der Waals surface area contributed by atoms with Gasteiger partial charge in [0.2, 0.25) is 5.91 Å². The highest BCUT2D eigenvalue weighted by Crippen LogP contribution is 2.18. The molecule has 0 aromatic heterocycles. The molecule has 0 aromatic carbocycles. The molecule has 6 heteroatoms. The van der Waals surface area contributed by atoms with Crippen molar-refractivity contribution in [1.29, 1.82) is 10.5 Å². The number of aliphatic hydroxyl groups excluding tert-OH is 1. The summed E-state index contributed by atoms with van der Waals surface area (Å²) in [5.74, 6) is 0.458. The Labute approximate surface area is 120 Å². The Balaban J connectivity index is 2.41. The van der Waals surface area contributed by atoms with Gasteiger partial charge in [-0.2, -0.15) is 10.5 Å². The minimum Gasteiger partial charge on any atom is -0.396 e. The number of nitriles is 2. The first-order chi connectivity index (χ1) is 9.71. The van der Waals surface area contributed by atoms with Crippen LogP contribution >= 0.6 is 0 Å². The lowest BCUT2D eigenvalue weighted by Crippen LogP contribution is -2.40. The summed E-state index contributed by atoms with van der Waals surface area (Å²) in [5.41, 5.74) is 0. The molecule has 0 bridgehead atoms. The molecule has 1 atom stereocenters. The normalized spacial score (nSPS) is 18.4. The molecule has 0 aliphatic carbocycles. The minimum atomic E-state index is -0.0138. The second-order valence-corrected chi connectivity index (χ2v) is 5.10. The molecule has 1 unspecified atom stereocenters. The topological polar surface area (TPSA) is 91.4 Å². The third-order valence-corrected chi connectivity index (χ3v) is 3.61. The van der Waals surface area contributed by atoms with Crippen LogP contribution in [0.5, 0.6) is 0 Å². The molecule has 1 heterocycles. The van der Waals surface area contributed by atoms with Crippen molar-refractivity contribution >= 4 is 5.91 Å². The van der Waals surface area contributed by atoms with E-state index in [0.717, 1.165) is 25.9 Å². The van der Waals surface area contributed by atoms with Crippen LogP contribution in [0.25, 0.3) is 0 Å². The van der Waals surface area contributed by atoms with Crippen LogP contribution in [0.2, 0.25) is 0 Å². The van der Waals surface area contributed by atoms with Gasteiger partial charge in [-0.05, 0) is 25.3 Å². The van der Waals surface area contributed by atoms with Gasteiger partial charge in [-0.1, -0.05) is 0 Å². The van der Waals surface area contributed by atoms with Gasteiger partial charge in [0.1, 0.15) is 0 Å². The highest BCUT2D eigenvalue weighted by Gasteiger charge is 2.25. The quantitative estimate of drug-likeness (QED) is 0.691. The van der Waals surface area contributed by atoms with E-state index in [1.54, 1.807) is 4.90 Å². The van der Waals surface area contributed by atoms with E-state index in [0.29, 0.717) is 38.4 Å². The third-order valence-electron chi connectivity index (χ3n) is 3.61. The van der Waals surface area contributed by atoms with Crippen LogP contribution in [-0.2, 0) is 4.79 Å². The average molecular weight is 278 g/mol. The molecule has 0 radical (unpaired) electrons. The summed E-state index contributed by atoms with van der Waals surface area (Å²) in [6, 6.07) is 4.06. The fourth-order valence-corrected chi connectivity index (χ4v) is 2.50. The van der Waals surface area contributed by atoms with E-state index in [-0.39, 0.29) is 12.5 Å². The number of nitrogens with zero attached hydrogens (tertiary/aromatic N) is 4. The van der Waals surface area contributed by atoms with Crippen LogP contribution in [-0.4, -0.2) is 60.1 Å². The first-order valence-electron chi connectivity index (χ1n) is 7.06. The average Bonchev–Trinajstić information content (AvgIpc) is 2.86. The Morgan fingerprint density at radius 2 is 1.95 bits per heavy atom. The molecule has 1 fully saturated rings. The number of amides is 1. The van der Waals surface area contributed by atoms with Crippen LogP contribution in [0.3, 0.4) is 0 Å². The standard InChI is InChI=1S/C14H22N4O2/c15-5-1-7-18(8-2-6-16)14(20)12-17-9-3-13(11-17)4-10-19/h13,19H,1-4,7-12H2. The van der Waals surface area contributed by atoms with Gasteiger partial charge in [-0.3, -0.25) is 9.69 Å². The molecule has 1 rings (SSSR count). The summed E-state index contributed by atoms with van der Waals surface area (Å²) in [6.45, 7) is 3.05. The number of hydrogen-bond acceptors (Lipinski definition) is 5. The van der Waals surface area contributed by atoms with Crippen LogP contribution in [0.4, 0.5) is 0 Å². The number of carbonyl (C=O) groups excluding carboxylic acids is 1. The summed E-state index contributed by atoms with van der Waals surface area (Å²) >= 11 is 0. The zero-order chi connectivity index (χ0) is 14.8. The van der Waals surface area contributed by atoms with Crippen molar-refractivity contribution in [3.05, 3.63) is 0 Å². The van der Waals surface area contributed by atoms with Gasteiger partial charge in [-0.25, -0.2) is 0 Å². The lowest BCUT2D eigenvalue weighted by atomic mass is 10.1. The van der Waals surface area contributed by atoms with E-state index in [9.17, 15) is 4.79 Å². The van der Waals surface area contributed by atoms with Gasteiger partial charge in [0.05, 0.1) is 31.5 Å². The van der Waals surface area contributed by atoms with E-state index >= 15 is 0 Å². The van der Waals surface area contributed by atoms with E-state index in [1.165, 1.54) is 0 Å². The summed E-state index contributed by atoms with van der Waals surface area (Å²) in [6.07, 6.45) is 2.40. The number of carbonyl (C=O) groups is 1. The number of rotatable bonds is 8. The zero-order valence-corrected chi connectivity index (χ0v) is 11.8. The van der Waals surface area contributed by atoms with Crippen molar-refractivity contribution in [2.45, 2.75) is 25.7 Å². The van der Waals surface area contributed by atoms with Crippen LogP contribution < -0.4 is 0 Å². The molecule has 1 amide bonds. The fraction of sp³-hybridized carbons (Fsp3) is 0.786. The van der Waals surface area contributed by atoms with Gasteiger partial charge in [0, 0.05) is 26.2 Å². The molecular formula is C14H22N4O2. The Hall–Kier alpha value is -1.63. The molecule has 0 spiro atoms. The zero-order valence-electron chi connectivity index (χ0n) is 11.8. The van der Waals surface area contributed by atoms with Crippen molar-refractivity contribution in [3.8, 4) is 12.1 Å². The molecule has 1 saturated heterocycles. The minimum absolute atomic E-state index is 0.0138. The van der Waals surface area contributed by atoms with Crippen LogP contribution in [0.1, 0.15) is 25.7 Å². The lowest BCUT2D eigenvalue weighted by Gasteiger charge is -2.24. The Morgan fingerprint density at radius 3 is 2.50 bits per heavy atom. The summed E-state index contributed by atoms with van der Waals surface area (Å²) in [4.78, 5) is 15.9. The first kappa shape index (κ1) is 16.4. The summed E-state index contributed by atoms with van der Waals surface area (Å²) in [7, 11) is 0. The maximum atomic E-state index is 12.2. The van der Waals surface area contributed by atoms with E-state index in [4.69, 9.17) is 15.6 Å². The Morgan fingerprint density at radius 1 is 1.30 bits per heavy atom. The molecule has 1 N–H and O–H groups in total. The van der Waals surface area contributed by atoms with Gasteiger partial charge in [0.15, 0.2) is 0 Å². The molecule has 110 valence electrons. The molecule has 0 saturated carbocycles. The fourth-order valence-electron chi connectivity index (χ4n) is 2.50. The van der Waals surface area contributed by atoms with E-state index in [1.807, 2.05) is 12.1 Å². The second kappa shape index (κ2) is 9.30. The smallest absolute Gasteiger partial charge is 0.236 e. The number of hydrogen-bond donors (Lipinski definition) is 1. The highest BCUT2D eigenvalue weighted by molar-refractivity contribution is 5.78. The van der Waals surface area contributed by atoms with Gasteiger partial charge in [-0.15, -0.1) is 0 Å². The number of likely N-dealkylation sites (tertiary alicyclic amines) is 1. The van der Waals surface area contributed by atoms with Crippen molar-refractivity contribution < 1.29 is 9.90 Å². The maximum absolute atomic E-state index is 12.2. The summed E-state index contributed by atoms with van der Waals surface area (Å²) in [5, 5.41) is 26.1.